The van der Waals surface area contributed by atoms with Crippen molar-refractivity contribution in [1.82, 2.24) is 20.3 Å². The van der Waals surface area contributed by atoms with Crippen LogP contribution in [0.3, 0.4) is 0 Å². The van der Waals surface area contributed by atoms with Crippen LogP contribution in [-0.2, 0) is 17.9 Å². The summed E-state index contributed by atoms with van der Waals surface area (Å²) in [6.45, 7) is 3.69. The highest BCUT2D eigenvalue weighted by Crippen LogP contribution is 2.46. The van der Waals surface area contributed by atoms with Crippen LogP contribution in [0.25, 0.3) is 5.69 Å². The van der Waals surface area contributed by atoms with Gasteiger partial charge in [-0.1, -0.05) is 35.3 Å². The summed E-state index contributed by atoms with van der Waals surface area (Å²) in [5.41, 5.74) is 2.83. The molecule has 1 aromatic heterocycles. The summed E-state index contributed by atoms with van der Waals surface area (Å²) in [5, 5.41) is 12.4. The van der Waals surface area contributed by atoms with E-state index in [9.17, 15) is 0 Å². The first kappa shape index (κ1) is 14.6. The average Bonchev–Trinajstić information content (AvgIpc) is 3.09. The van der Waals surface area contributed by atoms with Gasteiger partial charge in [-0.3, -0.25) is 0 Å². The third kappa shape index (κ3) is 2.74. The SMILES string of the molecule is CCCNCc1cnnn1-c1c(Cl)cc(Cl)c2c1N=S=N2. The normalized spacial score (nSPS) is 12.5. The van der Waals surface area contributed by atoms with Gasteiger partial charge >= 0.3 is 0 Å². The number of hydrogen-bond donors (Lipinski definition) is 1. The summed E-state index contributed by atoms with van der Waals surface area (Å²) in [5.74, 6) is 0. The number of nitrogens with one attached hydrogen (secondary N) is 1. The average molecular weight is 343 g/mol. The smallest absolute Gasteiger partial charge is 0.133 e. The molecule has 3 rings (SSSR count). The van der Waals surface area contributed by atoms with E-state index in [1.165, 1.54) is 0 Å². The molecule has 0 amide bonds. The van der Waals surface area contributed by atoms with Crippen LogP contribution in [0.15, 0.2) is 21.0 Å². The van der Waals surface area contributed by atoms with Crippen LogP contribution in [0.5, 0.6) is 0 Å². The molecule has 0 aliphatic carbocycles. The van der Waals surface area contributed by atoms with E-state index < -0.39 is 0 Å². The zero-order chi connectivity index (χ0) is 14.8. The summed E-state index contributed by atoms with van der Waals surface area (Å²) in [6, 6.07) is 1.66. The fraction of sp³-hybridized carbons (Fsp3) is 0.333. The highest BCUT2D eigenvalue weighted by molar-refractivity contribution is 7.58. The molecule has 0 unspecified atom stereocenters. The van der Waals surface area contributed by atoms with Crippen molar-refractivity contribution in [3.05, 3.63) is 28.0 Å². The Morgan fingerprint density at radius 3 is 2.86 bits per heavy atom. The van der Waals surface area contributed by atoms with Crippen LogP contribution < -0.4 is 5.32 Å². The molecular formula is C12H12Cl2N6S. The Kier molecular flexibility index (Phi) is 4.34. The fourth-order valence-corrected chi connectivity index (χ4v) is 3.21. The second-order valence-electron chi connectivity index (χ2n) is 4.46. The molecule has 9 heteroatoms. The molecular weight excluding hydrogens is 331 g/mol. The van der Waals surface area contributed by atoms with Crippen molar-refractivity contribution in [2.75, 3.05) is 6.54 Å². The third-order valence-corrected chi connectivity index (χ3v) is 4.09. The van der Waals surface area contributed by atoms with Gasteiger partial charge in [0.1, 0.15) is 17.1 Å². The molecule has 2 aromatic rings. The quantitative estimate of drug-likeness (QED) is 0.717. The van der Waals surface area contributed by atoms with Gasteiger partial charge in [-0.15, -0.1) is 5.10 Å². The second-order valence-corrected chi connectivity index (χ2v) is 5.81. The summed E-state index contributed by atoms with van der Waals surface area (Å²) in [6.07, 6.45) is 2.77. The highest BCUT2D eigenvalue weighted by atomic mass is 35.5. The molecule has 1 aliphatic heterocycles. The van der Waals surface area contributed by atoms with E-state index in [2.05, 4.69) is 31.3 Å². The zero-order valence-corrected chi connectivity index (χ0v) is 13.5. The minimum Gasteiger partial charge on any atom is -0.311 e. The predicted molar refractivity (Wildman–Crippen MR) is 84.9 cm³/mol. The molecule has 0 bridgehead atoms. The van der Waals surface area contributed by atoms with E-state index in [0.29, 0.717) is 33.7 Å². The number of rotatable bonds is 5. The maximum absolute atomic E-state index is 6.33. The number of halogens is 2. The highest BCUT2D eigenvalue weighted by Gasteiger charge is 2.22. The summed E-state index contributed by atoms with van der Waals surface area (Å²) >= 11 is 13.6. The van der Waals surface area contributed by atoms with Crippen molar-refractivity contribution in [3.63, 3.8) is 0 Å². The minimum absolute atomic E-state index is 0.474. The Bertz CT molecular complexity index is 750. The standard InChI is InChI=1S/C12H12Cl2N6S/c1-2-3-15-5-7-6-16-19-20(7)12-9(14)4-8(13)10-11(12)18-21-17-10/h4,6,15H,2-3,5H2,1H3. The van der Waals surface area contributed by atoms with Gasteiger partial charge in [0.15, 0.2) is 0 Å². The molecule has 0 saturated heterocycles. The first-order chi connectivity index (χ1) is 10.2. The molecule has 110 valence electrons. The van der Waals surface area contributed by atoms with Crippen molar-refractivity contribution in [2.45, 2.75) is 19.9 Å². The number of benzene rings is 1. The van der Waals surface area contributed by atoms with Crippen molar-refractivity contribution in [2.24, 2.45) is 8.73 Å². The van der Waals surface area contributed by atoms with Crippen LogP contribution in [0.1, 0.15) is 19.0 Å². The number of aromatic nitrogens is 3. The lowest BCUT2D eigenvalue weighted by atomic mass is 10.2. The van der Waals surface area contributed by atoms with Crippen LogP contribution in [0, 0.1) is 0 Å². The van der Waals surface area contributed by atoms with Crippen molar-refractivity contribution < 1.29 is 0 Å². The van der Waals surface area contributed by atoms with Gasteiger partial charge in [0.25, 0.3) is 0 Å². The van der Waals surface area contributed by atoms with Crippen LogP contribution in [0.4, 0.5) is 11.4 Å². The fourth-order valence-electron chi connectivity index (χ4n) is 2.02. The van der Waals surface area contributed by atoms with Gasteiger partial charge in [0.2, 0.25) is 0 Å². The van der Waals surface area contributed by atoms with Crippen LogP contribution in [0.2, 0.25) is 10.0 Å². The Morgan fingerprint density at radius 1 is 1.24 bits per heavy atom. The molecule has 0 saturated carbocycles. The monoisotopic (exact) mass is 342 g/mol. The molecule has 2 heterocycles. The van der Waals surface area contributed by atoms with Crippen molar-refractivity contribution in [3.8, 4) is 5.69 Å². The number of fused-ring (bicyclic) bond motifs is 1. The molecule has 0 radical (unpaired) electrons. The Labute approximate surface area is 135 Å². The van der Waals surface area contributed by atoms with Gasteiger partial charge in [-0.2, -0.15) is 8.73 Å². The lowest BCUT2D eigenvalue weighted by Gasteiger charge is -2.12. The molecule has 21 heavy (non-hydrogen) atoms. The molecule has 0 spiro atoms. The predicted octanol–water partition coefficient (Wildman–Crippen LogP) is 3.80. The topological polar surface area (TPSA) is 67.5 Å². The third-order valence-electron chi connectivity index (χ3n) is 2.98. The van der Waals surface area contributed by atoms with Crippen molar-refractivity contribution >= 4 is 45.9 Å². The number of hydrogen-bond acceptors (Lipinski definition) is 5. The van der Waals surface area contributed by atoms with Gasteiger partial charge < -0.3 is 5.32 Å². The Morgan fingerprint density at radius 2 is 2.05 bits per heavy atom. The van der Waals surface area contributed by atoms with E-state index in [1.54, 1.807) is 16.9 Å². The van der Waals surface area contributed by atoms with E-state index >= 15 is 0 Å². The molecule has 1 aromatic carbocycles. The van der Waals surface area contributed by atoms with E-state index in [1.807, 2.05) is 0 Å². The van der Waals surface area contributed by atoms with Crippen LogP contribution in [-0.4, -0.2) is 21.5 Å². The molecule has 6 nitrogen and oxygen atoms in total. The van der Waals surface area contributed by atoms with E-state index in [-0.39, 0.29) is 0 Å². The van der Waals surface area contributed by atoms with Gasteiger partial charge in [0, 0.05) is 6.54 Å². The van der Waals surface area contributed by atoms with E-state index in [4.69, 9.17) is 23.2 Å². The van der Waals surface area contributed by atoms with Gasteiger partial charge in [0.05, 0.1) is 33.3 Å². The zero-order valence-electron chi connectivity index (χ0n) is 11.2. The first-order valence-corrected chi connectivity index (χ1v) is 7.92. The summed E-state index contributed by atoms with van der Waals surface area (Å²) in [7, 11) is 0. The Hall–Kier alpha value is -1.28. The lowest BCUT2D eigenvalue weighted by molar-refractivity contribution is 0.641. The largest absolute Gasteiger partial charge is 0.311 e. The first-order valence-electron chi connectivity index (χ1n) is 6.43. The van der Waals surface area contributed by atoms with E-state index in [0.717, 1.165) is 30.0 Å². The summed E-state index contributed by atoms with van der Waals surface area (Å²) < 4.78 is 10.2. The van der Waals surface area contributed by atoms with Crippen molar-refractivity contribution in [1.29, 1.82) is 0 Å². The number of nitrogens with zero attached hydrogens (tertiary/aromatic N) is 5. The summed E-state index contributed by atoms with van der Waals surface area (Å²) in [4.78, 5) is 0. The molecule has 1 N–H and O–H groups in total. The maximum atomic E-state index is 6.33. The Balaban J connectivity index is 2.05. The molecule has 0 atom stereocenters. The van der Waals surface area contributed by atoms with Gasteiger partial charge in [-0.25, -0.2) is 4.68 Å². The minimum atomic E-state index is 0.474. The molecule has 0 fully saturated rings. The maximum Gasteiger partial charge on any atom is 0.133 e. The molecule has 1 aliphatic rings. The van der Waals surface area contributed by atoms with Crippen LogP contribution >= 0.6 is 23.2 Å². The van der Waals surface area contributed by atoms with Gasteiger partial charge in [-0.05, 0) is 19.0 Å². The second kappa shape index (κ2) is 6.23. The lowest BCUT2D eigenvalue weighted by Crippen LogP contribution is -2.17.